The van der Waals surface area contributed by atoms with Crippen LogP contribution in [-0.4, -0.2) is 28.9 Å². The molecule has 1 unspecified atom stereocenters. The number of ether oxygens (including phenoxy) is 1. The molecular weight excluding hydrogens is 543 g/mol. The van der Waals surface area contributed by atoms with Gasteiger partial charge in [-0.15, -0.1) is 0 Å². The summed E-state index contributed by atoms with van der Waals surface area (Å²) in [4.78, 5) is 32.4. The number of aliphatic hydroxyl groups is 1. The summed E-state index contributed by atoms with van der Waals surface area (Å²) < 4.78 is 12.4. The highest BCUT2D eigenvalue weighted by molar-refractivity contribution is 14.1. The first-order valence-corrected chi connectivity index (χ1v) is 11.4. The Hall–Kier alpha value is -3.18. The highest BCUT2D eigenvalue weighted by Gasteiger charge is 2.46. The number of aromatic nitrogens is 1. The fourth-order valence-corrected chi connectivity index (χ4v) is 5.04. The zero-order chi connectivity index (χ0) is 22.4. The van der Waals surface area contributed by atoms with Gasteiger partial charge in [-0.2, -0.15) is 0 Å². The molecule has 7 nitrogen and oxygen atoms in total. The molecule has 1 atom stereocenters. The van der Waals surface area contributed by atoms with Crippen LogP contribution in [0.25, 0.3) is 10.2 Å². The molecule has 2 aromatic carbocycles. The van der Waals surface area contributed by atoms with Gasteiger partial charge in [-0.1, -0.05) is 23.5 Å². The van der Waals surface area contributed by atoms with Crippen molar-refractivity contribution in [2.45, 2.75) is 6.04 Å². The maximum atomic E-state index is 13.2. The Morgan fingerprint density at radius 3 is 2.69 bits per heavy atom. The Balaban J connectivity index is 1.67. The second kappa shape index (κ2) is 8.06. The fraction of sp³-hybridized carbons (Fsp3) is 0.0870. The molecular formula is C23H15IN2O5S. The lowest BCUT2D eigenvalue weighted by Crippen LogP contribution is -2.30. The van der Waals surface area contributed by atoms with E-state index in [1.54, 1.807) is 25.3 Å². The van der Waals surface area contributed by atoms with Gasteiger partial charge in [0.2, 0.25) is 5.78 Å². The SMILES string of the molecule is COc1ccc2nc(N3C(=O)C(O)=C(C(=O)c4ccco4)C3c3ccc(I)cc3)sc2c1. The molecule has 2 aromatic heterocycles. The Morgan fingerprint density at radius 2 is 2.00 bits per heavy atom. The third-order valence-corrected chi connectivity index (χ3v) is 6.91. The molecule has 0 saturated heterocycles. The van der Waals surface area contributed by atoms with Gasteiger partial charge < -0.3 is 14.3 Å². The van der Waals surface area contributed by atoms with Crippen molar-refractivity contribution >= 4 is 61.0 Å². The molecule has 0 aliphatic carbocycles. The first-order valence-electron chi connectivity index (χ1n) is 9.53. The summed E-state index contributed by atoms with van der Waals surface area (Å²) in [5.41, 5.74) is 1.32. The number of carbonyl (C=O) groups is 2. The van der Waals surface area contributed by atoms with Crippen molar-refractivity contribution in [1.82, 2.24) is 4.98 Å². The van der Waals surface area contributed by atoms with E-state index in [1.807, 2.05) is 30.3 Å². The topological polar surface area (TPSA) is 92.9 Å². The summed E-state index contributed by atoms with van der Waals surface area (Å²) in [5, 5.41) is 11.2. The largest absolute Gasteiger partial charge is 0.503 e. The highest BCUT2D eigenvalue weighted by atomic mass is 127. The Kier molecular flexibility index (Phi) is 5.22. The van der Waals surface area contributed by atoms with Gasteiger partial charge in [-0.05, 0) is 70.6 Å². The number of ketones is 1. The van der Waals surface area contributed by atoms with E-state index in [1.165, 1.54) is 28.6 Å². The van der Waals surface area contributed by atoms with Gasteiger partial charge in [0.15, 0.2) is 16.7 Å². The van der Waals surface area contributed by atoms with Crippen molar-refractivity contribution in [2.75, 3.05) is 12.0 Å². The van der Waals surface area contributed by atoms with E-state index in [0.29, 0.717) is 22.0 Å². The van der Waals surface area contributed by atoms with Crippen LogP contribution in [0.15, 0.2) is 76.6 Å². The first kappa shape index (κ1) is 20.7. The second-order valence-electron chi connectivity index (χ2n) is 7.03. The van der Waals surface area contributed by atoms with Crippen LogP contribution in [0.1, 0.15) is 22.2 Å². The smallest absolute Gasteiger partial charge is 0.296 e. The lowest BCUT2D eigenvalue weighted by Gasteiger charge is -2.24. The van der Waals surface area contributed by atoms with Crippen molar-refractivity contribution in [3.05, 3.63) is 87.1 Å². The van der Waals surface area contributed by atoms with Crippen molar-refractivity contribution in [3.8, 4) is 5.75 Å². The molecule has 1 amide bonds. The first-order chi connectivity index (χ1) is 15.5. The number of Topliss-reactive ketones (excluding diaryl/α,β-unsaturated/α-hetero) is 1. The van der Waals surface area contributed by atoms with E-state index in [9.17, 15) is 14.7 Å². The number of benzene rings is 2. The van der Waals surface area contributed by atoms with Crippen molar-refractivity contribution in [1.29, 1.82) is 0 Å². The third-order valence-electron chi connectivity index (χ3n) is 5.17. The highest BCUT2D eigenvalue weighted by Crippen LogP contribution is 2.44. The minimum atomic E-state index is -0.848. The van der Waals surface area contributed by atoms with Crippen LogP contribution in [0.4, 0.5) is 5.13 Å². The van der Waals surface area contributed by atoms with E-state index < -0.39 is 23.5 Å². The molecule has 5 rings (SSSR count). The van der Waals surface area contributed by atoms with Crippen LogP contribution in [0.5, 0.6) is 5.75 Å². The minimum Gasteiger partial charge on any atom is -0.503 e. The van der Waals surface area contributed by atoms with E-state index in [0.717, 1.165) is 8.27 Å². The number of anilines is 1. The molecule has 0 bridgehead atoms. The number of methoxy groups -OCH3 is 1. The quantitative estimate of drug-likeness (QED) is 0.265. The predicted octanol–water partition coefficient (Wildman–Crippen LogP) is 5.29. The van der Waals surface area contributed by atoms with E-state index in [-0.39, 0.29) is 11.3 Å². The Morgan fingerprint density at radius 1 is 1.22 bits per heavy atom. The maximum absolute atomic E-state index is 13.2. The number of thiazole rings is 1. The van der Waals surface area contributed by atoms with E-state index >= 15 is 0 Å². The van der Waals surface area contributed by atoms with Crippen LogP contribution in [0.2, 0.25) is 0 Å². The number of hydrogen-bond donors (Lipinski definition) is 1. The van der Waals surface area contributed by atoms with Gasteiger partial charge >= 0.3 is 0 Å². The minimum absolute atomic E-state index is 0.0389. The normalized spacial score (nSPS) is 16.2. The molecule has 1 aliphatic rings. The molecule has 9 heteroatoms. The molecule has 32 heavy (non-hydrogen) atoms. The molecule has 1 aliphatic heterocycles. The number of amides is 1. The summed E-state index contributed by atoms with van der Waals surface area (Å²) in [6.45, 7) is 0. The van der Waals surface area contributed by atoms with Gasteiger partial charge in [0.1, 0.15) is 5.75 Å². The lowest BCUT2D eigenvalue weighted by atomic mass is 9.95. The van der Waals surface area contributed by atoms with Crippen LogP contribution in [0.3, 0.4) is 0 Å². The zero-order valence-electron chi connectivity index (χ0n) is 16.6. The summed E-state index contributed by atoms with van der Waals surface area (Å²) in [6, 6.07) is 15.1. The number of nitrogens with zero attached hydrogens (tertiary/aromatic N) is 2. The monoisotopic (exact) mass is 558 g/mol. The lowest BCUT2D eigenvalue weighted by molar-refractivity contribution is -0.117. The number of furan rings is 1. The number of carbonyl (C=O) groups excluding carboxylic acids is 2. The van der Waals surface area contributed by atoms with Crippen molar-refractivity contribution in [2.24, 2.45) is 0 Å². The fourth-order valence-electron chi connectivity index (χ4n) is 3.66. The molecule has 0 spiro atoms. The van der Waals surface area contributed by atoms with Gasteiger partial charge in [0.05, 0.1) is 35.2 Å². The van der Waals surface area contributed by atoms with Crippen LogP contribution < -0.4 is 9.64 Å². The Labute approximate surface area is 200 Å². The molecule has 1 N–H and O–H groups in total. The van der Waals surface area contributed by atoms with Crippen LogP contribution in [0, 0.1) is 3.57 Å². The molecule has 0 fully saturated rings. The van der Waals surface area contributed by atoms with Crippen molar-refractivity contribution in [3.63, 3.8) is 0 Å². The zero-order valence-corrected chi connectivity index (χ0v) is 19.6. The maximum Gasteiger partial charge on any atom is 0.296 e. The standard InChI is InChI=1S/C23H15IN2O5S/c1-30-14-8-9-15-17(11-14)32-23(25-15)26-19(12-4-6-13(24)7-5-12)18(21(28)22(26)29)20(27)16-3-2-10-31-16/h2-11,19,28H,1H3. The Bertz CT molecular complexity index is 1380. The molecule has 160 valence electrons. The third kappa shape index (κ3) is 3.37. The van der Waals surface area contributed by atoms with Gasteiger partial charge in [0, 0.05) is 3.57 Å². The van der Waals surface area contributed by atoms with Gasteiger partial charge in [0.25, 0.3) is 5.91 Å². The second-order valence-corrected chi connectivity index (χ2v) is 9.28. The number of aliphatic hydroxyl groups excluding tert-OH is 1. The van der Waals surface area contributed by atoms with Crippen LogP contribution >= 0.6 is 33.9 Å². The molecule has 3 heterocycles. The van der Waals surface area contributed by atoms with Gasteiger partial charge in [-0.25, -0.2) is 4.98 Å². The average Bonchev–Trinajstić information content (AvgIpc) is 3.52. The summed E-state index contributed by atoms with van der Waals surface area (Å²) in [7, 11) is 1.58. The summed E-state index contributed by atoms with van der Waals surface area (Å²) in [5.74, 6) is -1.12. The van der Waals surface area contributed by atoms with Gasteiger partial charge in [-0.3, -0.25) is 14.5 Å². The number of hydrogen-bond acceptors (Lipinski definition) is 7. The summed E-state index contributed by atoms with van der Waals surface area (Å²) in [6.07, 6.45) is 1.38. The molecule has 0 radical (unpaired) electrons. The van der Waals surface area contributed by atoms with E-state index in [2.05, 4.69) is 27.6 Å². The average molecular weight is 558 g/mol. The van der Waals surface area contributed by atoms with E-state index in [4.69, 9.17) is 9.15 Å². The molecule has 0 saturated carbocycles. The number of fused-ring (bicyclic) bond motifs is 1. The predicted molar refractivity (Wildman–Crippen MR) is 128 cm³/mol. The van der Waals surface area contributed by atoms with Crippen LogP contribution in [-0.2, 0) is 4.79 Å². The number of rotatable bonds is 5. The summed E-state index contributed by atoms with van der Waals surface area (Å²) >= 11 is 3.46. The molecule has 4 aromatic rings. The number of halogens is 1. The van der Waals surface area contributed by atoms with Crippen molar-refractivity contribution < 1.29 is 23.8 Å².